The van der Waals surface area contributed by atoms with Gasteiger partial charge in [0.25, 0.3) is 0 Å². The number of pyridine rings is 1. The number of hydrogen-bond donors (Lipinski definition) is 2. The van der Waals surface area contributed by atoms with Gasteiger partial charge < -0.3 is 4.98 Å². The fourth-order valence-electron chi connectivity index (χ4n) is 4.20. The van der Waals surface area contributed by atoms with Crippen LogP contribution >= 0.6 is 0 Å². The van der Waals surface area contributed by atoms with Crippen LogP contribution in [0.4, 0.5) is 0 Å². The topological polar surface area (TPSA) is 73.5 Å². The van der Waals surface area contributed by atoms with Crippen LogP contribution in [0.15, 0.2) is 42.9 Å². The van der Waals surface area contributed by atoms with E-state index in [0.29, 0.717) is 0 Å². The summed E-state index contributed by atoms with van der Waals surface area (Å²) < 4.78 is 0. The zero-order valence-corrected chi connectivity index (χ0v) is 15.5. The van der Waals surface area contributed by atoms with Gasteiger partial charge in [-0.05, 0) is 19.9 Å². The summed E-state index contributed by atoms with van der Waals surface area (Å²) >= 11 is 0. The molecule has 0 saturated carbocycles. The number of fused-ring (bicyclic) bond motifs is 2. The van der Waals surface area contributed by atoms with Crippen LogP contribution in [0.5, 0.6) is 0 Å². The molecule has 1 aromatic carbocycles. The van der Waals surface area contributed by atoms with E-state index in [1.54, 1.807) is 0 Å². The molecule has 5 rings (SSSR count). The predicted octanol–water partition coefficient (Wildman–Crippen LogP) is 3.45. The Balaban J connectivity index is 1.65. The molecule has 1 aliphatic heterocycles. The quantitative estimate of drug-likeness (QED) is 0.588. The highest BCUT2D eigenvalue weighted by molar-refractivity contribution is 5.82. The lowest BCUT2D eigenvalue weighted by molar-refractivity contribution is 0.200. The van der Waals surface area contributed by atoms with Crippen LogP contribution in [-0.2, 0) is 13.0 Å². The molecular formula is C21H22N6. The minimum atomic E-state index is 0.0762. The summed E-state index contributed by atoms with van der Waals surface area (Å²) in [5.41, 5.74) is 8.06. The maximum atomic E-state index is 4.70. The van der Waals surface area contributed by atoms with Gasteiger partial charge in [0, 0.05) is 53.6 Å². The van der Waals surface area contributed by atoms with Crippen molar-refractivity contribution < 1.29 is 0 Å². The number of benzene rings is 1. The second-order valence-corrected chi connectivity index (χ2v) is 7.22. The standard InChI is InChI=1S/C21H22N6/c1-13-17(14(2)26-25-13)11-27-10-8-18-20(24-12-23-18)21(27)16-7-3-5-15-6-4-9-22-19(15)16/h3-7,9,12,21H,8,10-11H2,1-2H3,(H,23,24)(H,25,26)/t21-/m1/s1. The fraction of sp³-hybridized carbons (Fsp3) is 0.286. The van der Waals surface area contributed by atoms with E-state index in [1.807, 2.05) is 18.6 Å². The van der Waals surface area contributed by atoms with Crippen molar-refractivity contribution in [2.24, 2.45) is 0 Å². The Hall–Kier alpha value is -2.99. The number of para-hydroxylation sites is 1. The van der Waals surface area contributed by atoms with Crippen LogP contribution in [-0.4, -0.2) is 36.6 Å². The van der Waals surface area contributed by atoms with E-state index in [2.05, 4.69) is 58.2 Å². The molecule has 4 heterocycles. The second-order valence-electron chi connectivity index (χ2n) is 7.22. The van der Waals surface area contributed by atoms with Gasteiger partial charge in [0.05, 0.1) is 29.3 Å². The molecule has 4 aromatic rings. The first-order valence-electron chi connectivity index (χ1n) is 9.32. The largest absolute Gasteiger partial charge is 0.348 e. The fourth-order valence-corrected chi connectivity index (χ4v) is 4.20. The number of imidazole rings is 1. The van der Waals surface area contributed by atoms with Gasteiger partial charge in [0.1, 0.15) is 0 Å². The molecule has 0 bridgehead atoms. The van der Waals surface area contributed by atoms with Gasteiger partial charge in [-0.15, -0.1) is 0 Å². The van der Waals surface area contributed by atoms with Gasteiger partial charge >= 0.3 is 0 Å². The molecule has 0 amide bonds. The van der Waals surface area contributed by atoms with E-state index >= 15 is 0 Å². The third kappa shape index (κ3) is 2.64. The lowest BCUT2D eigenvalue weighted by Crippen LogP contribution is -2.36. The minimum Gasteiger partial charge on any atom is -0.348 e. The van der Waals surface area contributed by atoms with Crippen LogP contribution in [0.25, 0.3) is 10.9 Å². The third-order valence-corrected chi connectivity index (χ3v) is 5.63. The number of aryl methyl sites for hydroxylation is 2. The van der Waals surface area contributed by atoms with Crippen LogP contribution in [0.3, 0.4) is 0 Å². The second kappa shape index (κ2) is 6.32. The average molecular weight is 358 g/mol. The maximum absolute atomic E-state index is 4.70. The predicted molar refractivity (Wildman–Crippen MR) is 104 cm³/mol. The molecule has 3 aromatic heterocycles. The Bertz CT molecular complexity index is 1080. The normalized spacial score (nSPS) is 17.3. The molecule has 1 aliphatic rings. The molecule has 0 aliphatic carbocycles. The maximum Gasteiger partial charge on any atom is 0.0926 e. The zero-order chi connectivity index (χ0) is 18.4. The van der Waals surface area contributed by atoms with Crippen molar-refractivity contribution in [2.45, 2.75) is 32.9 Å². The minimum absolute atomic E-state index is 0.0762. The summed E-state index contributed by atoms with van der Waals surface area (Å²) in [6.07, 6.45) is 4.66. The van der Waals surface area contributed by atoms with Crippen molar-refractivity contribution in [1.82, 2.24) is 30.0 Å². The molecule has 136 valence electrons. The van der Waals surface area contributed by atoms with Crippen LogP contribution < -0.4 is 0 Å². The summed E-state index contributed by atoms with van der Waals surface area (Å²) in [5, 5.41) is 8.65. The van der Waals surface area contributed by atoms with E-state index in [9.17, 15) is 0 Å². The molecule has 27 heavy (non-hydrogen) atoms. The summed E-state index contributed by atoms with van der Waals surface area (Å²) in [4.78, 5) is 15.2. The van der Waals surface area contributed by atoms with Crippen molar-refractivity contribution >= 4 is 10.9 Å². The molecule has 6 heteroatoms. The number of nitrogens with one attached hydrogen (secondary N) is 2. The van der Waals surface area contributed by atoms with Crippen molar-refractivity contribution in [3.8, 4) is 0 Å². The Morgan fingerprint density at radius 1 is 1.15 bits per heavy atom. The monoisotopic (exact) mass is 358 g/mol. The average Bonchev–Trinajstić information content (AvgIpc) is 3.29. The van der Waals surface area contributed by atoms with Crippen molar-refractivity contribution in [3.63, 3.8) is 0 Å². The molecule has 0 radical (unpaired) electrons. The highest BCUT2D eigenvalue weighted by Crippen LogP contribution is 2.37. The van der Waals surface area contributed by atoms with Gasteiger partial charge in [0.15, 0.2) is 0 Å². The number of aromatic nitrogens is 5. The number of hydrogen-bond acceptors (Lipinski definition) is 4. The van der Waals surface area contributed by atoms with Crippen LogP contribution in [0.1, 0.15) is 39.9 Å². The number of nitrogens with zero attached hydrogens (tertiary/aromatic N) is 4. The highest BCUT2D eigenvalue weighted by Gasteiger charge is 2.33. The molecule has 2 N–H and O–H groups in total. The smallest absolute Gasteiger partial charge is 0.0926 e. The number of aromatic amines is 2. The van der Waals surface area contributed by atoms with Gasteiger partial charge in [-0.3, -0.25) is 15.0 Å². The van der Waals surface area contributed by atoms with Gasteiger partial charge in [-0.1, -0.05) is 24.3 Å². The first-order valence-corrected chi connectivity index (χ1v) is 9.32. The summed E-state index contributed by atoms with van der Waals surface area (Å²) in [6, 6.07) is 10.6. The summed E-state index contributed by atoms with van der Waals surface area (Å²) in [6.45, 7) is 5.96. The van der Waals surface area contributed by atoms with Crippen molar-refractivity contribution in [2.75, 3.05) is 6.54 Å². The Labute approximate surface area is 157 Å². The molecule has 0 unspecified atom stereocenters. The third-order valence-electron chi connectivity index (χ3n) is 5.63. The lowest BCUT2D eigenvalue weighted by Gasteiger charge is -2.35. The number of rotatable bonds is 3. The number of H-pyrrole nitrogens is 2. The summed E-state index contributed by atoms with van der Waals surface area (Å²) in [5.74, 6) is 0. The van der Waals surface area contributed by atoms with Gasteiger partial charge in [-0.25, -0.2) is 4.98 Å². The van der Waals surface area contributed by atoms with E-state index in [1.165, 1.54) is 16.8 Å². The molecule has 0 saturated heterocycles. The van der Waals surface area contributed by atoms with E-state index in [0.717, 1.165) is 47.5 Å². The summed E-state index contributed by atoms with van der Waals surface area (Å²) in [7, 11) is 0. The first-order chi connectivity index (χ1) is 13.2. The first kappa shape index (κ1) is 16.2. The van der Waals surface area contributed by atoms with Crippen LogP contribution in [0, 0.1) is 13.8 Å². The van der Waals surface area contributed by atoms with Crippen LogP contribution in [0.2, 0.25) is 0 Å². The SMILES string of the molecule is Cc1n[nH]c(C)c1CN1CCc2[nH]cnc2[C@H]1c1cccc2cccnc12. The molecule has 1 atom stereocenters. The molecule has 0 fully saturated rings. The molecule has 0 spiro atoms. The van der Waals surface area contributed by atoms with E-state index in [-0.39, 0.29) is 6.04 Å². The molecular weight excluding hydrogens is 336 g/mol. The van der Waals surface area contributed by atoms with Crippen molar-refractivity contribution in [3.05, 3.63) is 76.8 Å². The highest BCUT2D eigenvalue weighted by atomic mass is 15.2. The van der Waals surface area contributed by atoms with Crippen molar-refractivity contribution in [1.29, 1.82) is 0 Å². The van der Waals surface area contributed by atoms with E-state index < -0.39 is 0 Å². The Morgan fingerprint density at radius 3 is 2.89 bits per heavy atom. The van der Waals surface area contributed by atoms with Gasteiger partial charge in [0.2, 0.25) is 0 Å². The zero-order valence-electron chi connectivity index (χ0n) is 15.5. The van der Waals surface area contributed by atoms with Gasteiger partial charge in [-0.2, -0.15) is 5.10 Å². The Morgan fingerprint density at radius 2 is 2.04 bits per heavy atom. The van der Waals surface area contributed by atoms with E-state index in [4.69, 9.17) is 9.97 Å². The lowest BCUT2D eigenvalue weighted by atomic mass is 9.93. The Kier molecular flexibility index (Phi) is 3.79. The molecule has 6 nitrogen and oxygen atoms in total.